The predicted molar refractivity (Wildman–Crippen MR) is 76.9 cm³/mol. The molecule has 106 valence electrons. The van der Waals surface area contributed by atoms with Crippen LogP contribution < -0.4 is 15.8 Å². The summed E-state index contributed by atoms with van der Waals surface area (Å²) in [4.78, 5) is -0.289. The summed E-state index contributed by atoms with van der Waals surface area (Å²) in [5, 5.41) is 2.91. The van der Waals surface area contributed by atoms with E-state index in [1.165, 1.54) is 25.3 Å². The van der Waals surface area contributed by atoms with Gasteiger partial charge in [-0.15, -0.1) is 0 Å². The van der Waals surface area contributed by atoms with Gasteiger partial charge < -0.3 is 15.8 Å². The molecule has 7 heteroatoms. The van der Waals surface area contributed by atoms with Crippen LogP contribution in [0.3, 0.4) is 0 Å². The number of ether oxygens (including phenoxy) is 1. The van der Waals surface area contributed by atoms with Crippen molar-refractivity contribution in [1.29, 1.82) is 0 Å². The predicted octanol–water partition coefficient (Wildman–Crippen LogP) is 2.27. The number of benzene rings is 2. The summed E-state index contributed by atoms with van der Waals surface area (Å²) in [6.45, 7) is 0. The molecule has 0 radical (unpaired) electrons. The van der Waals surface area contributed by atoms with Gasteiger partial charge in [0.25, 0.3) is 10.1 Å². The molecule has 0 fully saturated rings. The second-order valence-electron chi connectivity index (χ2n) is 4.06. The van der Waals surface area contributed by atoms with Crippen LogP contribution in [-0.4, -0.2) is 20.1 Å². The molecule has 2 aromatic rings. The highest BCUT2D eigenvalue weighted by atomic mass is 32.2. The number of anilines is 3. The lowest BCUT2D eigenvalue weighted by molar-refractivity contribution is 0.417. The van der Waals surface area contributed by atoms with Gasteiger partial charge in [0.05, 0.1) is 18.5 Å². The van der Waals surface area contributed by atoms with Crippen molar-refractivity contribution in [3.8, 4) is 5.75 Å². The van der Waals surface area contributed by atoms with Crippen molar-refractivity contribution < 1.29 is 17.7 Å². The van der Waals surface area contributed by atoms with Gasteiger partial charge >= 0.3 is 0 Å². The van der Waals surface area contributed by atoms with Crippen LogP contribution in [0.5, 0.6) is 5.75 Å². The van der Waals surface area contributed by atoms with E-state index in [9.17, 15) is 13.0 Å². The molecule has 0 saturated heterocycles. The van der Waals surface area contributed by atoms with Crippen molar-refractivity contribution in [3.05, 3.63) is 42.5 Å². The van der Waals surface area contributed by atoms with Crippen molar-refractivity contribution in [3.63, 3.8) is 0 Å². The first-order chi connectivity index (χ1) is 9.41. The van der Waals surface area contributed by atoms with Crippen LogP contribution in [0, 0.1) is 0 Å². The highest BCUT2D eigenvalue weighted by Crippen LogP contribution is 2.31. The van der Waals surface area contributed by atoms with Crippen molar-refractivity contribution in [2.75, 3.05) is 18.2 Å². The van der Waals surface area contributed by atoms with E-state index < -0.39 is 10.1 Å². The SMILES string of the molecule is COc1ccccc1Nc1ccc(N)cc1S(=O)(=O)O. The Balaban J connectivity index is 2.49. The molecule has 20 heavy (non-hydrogen) atoms. The largest absolute Gasteiger partial charge is 0.495 e. The third-order valence-corrected chi connectivity index (χ3v) is 3.55. The first-order valence-electron chi connectivity index (χ1n) is 5.69. The molecule has 6 nitrogen and oxygen atoms in total. The molecule has 2 aromatic carbocycles. The molecule has 0 unspecified atom stereocenters. The van der Waals surface area contributed by atoms with Crippen LogP contribution in [0.15, 0.2) is 47.4 Å². The number of rotatable bonds is 4. The summed E-state index contributed by atoms with van der Waals surface area (Å²) in [6, 6.07) is 11.2. The molecule has 0 aliphatic rings. The molecule has 0 spiro atoms. The maximum absolute atomic E-state index is 11.4. The Morgan fingerprint density at radius 3 is 2.50 bits per heavy atom. The van der Waals surface area contributed by atoms with E-state index in [4.69, 9.17) is 10.5 Å². The van der Waals surface area contributed by atoms with Gasteiger partial charge in [-0.05, 0) is 30.3 Å². The number of methoxy groups -OCH3 is 1. The lowest BCUT2D eigenvalue weighted by atomic mass is 10.2. The Morgan fingerprint density at radius 1 is 1.15 bits per heavy atom. The number of hydrogen-bond donors (Lipinski definition) is 3. The first-order valence-corrected chi connectivity index (χ1v) is 7.13. The highest BCUT2D eigenvalue weighted by Gasteiger charge is 2.16. The average molecular weight is 294 g/mol. The van der Waals surface area contributed by atoms with Crippen molar-refractivity contribution in [2.24, 2.45) is 0 Å². The minimum Gasteiger partial charge on any atom is -0.495 e. The zero-order valence-corrected chi connectivity index (χ0v) is 11.5. The van der Waals surface area contributed by atoms with Crippen LogP contribution in [0.25, 0.3) is 0 Å². The summed E-state index contributed by atoms with van der Waals surface area (Å²) < 4.78 is 37.2. The van der Waals surface area contributed by atoms with Gasteiger partial charge in [0.2, 0.25) is 0 Å². The van der Waals surface area contributed by atoms with Crippen molar-refractivity contribution >= 4 is 27.2 Å². The zero-order valence-electron chi connectivity index (χ0n) is 10.7. The fraction of sp³-hybridized carbons (Fsp3) is 0.0769. The Morgan fingerprint density at radius 2 is 1.85 bits per heavy atom. The minimum absolute atomic E-state index is 0.214. The molecule has 0 bridgehead atoms. The number of hydrogen-bond acceptors (Lipinski definition) is 5. The number of nitrogens with two attached hydrogens (primary N) is 1. The molecular formula is C13H14N2O4S. The summed E-state index contributed by atoms with van der Waals surface area (Å²) in [5.74, 6) is 0.547. The van der Waals surface area contributed by atoms with Crippen LogP contribution in [0.1, 0.15) is 0 Å². The molecule has 0 heterocycles. The monoisotopic (exact) mass is 294 g/mol. The molecule has 0 aliphatic carbocycles. The maximum atomic E-state index is 11.4. The maximum Gasteiger partial charge on any atom is 0.296 e. The van der Waals surface area contributed by atoms with Gasteiger partial charge in [-0.25, -0.2) is 0 Å². The van der Waals surface area contributed by atoms with Crippen molar-refractivity contribution in [2.45, 2.75) is 4.90 Å². The quantitative estimate of drug-likeness (QED) is 0.590. The van der Waals surface area contributed by atoms with Gasteiger partial charge in [0, 0.05) is 5.69 Å². The van der Waals surface area contributed by atoms with Gasteiger partial charge in [0.1, 0.15) is 10.6 Å². The lowest BCUT2D eigenvalue weighted by Gasteiger charge is -2.13. The second-order valence-corrected chi connectivity index (χ2v) is 5.45. The smallest absolute Gasteiger partial charge is 0.296 e. The summed E-state index contributed by atoms with van der Waals surface area (Å²) in [6.07, 6.45) is 0. The minimum atomic E-state index is -4.38. The Labute approximate surface area is 116 Å². The van der Waals surface area contributed by atoms with Gasteiger partial charge in [-0.2, -0.15) is 8.42 Å². The number of para-hydroxylation sites is 2. The third kappa shape index (κ3) is 3.01. The first kappa shape index (κ1) is 14.2. The normalized spacial score (nSPS) is 11.1. The fourth-order valence-electron chi connectivity index (χ4n) is 1.75. The molecule has 2 rings (SSSR count). The van der Waals surface area contributed by atoms with Crippen molar-refractivity contribution in [1.82, 2.24) is 0 Å². The van der Waals surface area contributed by atoms with E-state index in [2.05, 4.69) is 5.32 Å². The molecule has 0 saturated carbocycles. The van der Waals surface area contributed by atoms with Gasteiger partial charge in [0.15, 0.2) is 0 Å². The van der Waals surface area contributed by atoms with E-state index in [1.54, 1.807) is 24.3 Å². The van der Waals surface area contributed by atoms with E-state index in [0.717, 1.165) is 0 Å². The Kier molecular flexibility index (Phi) is 3.82. The summed E-state index contributed by atoms with van der Waals surface area (Å²) >= 11 is 0. The van der Waals surface area contributed by atoms with E-state index >= 15 is 0 Å². The molecule has 0 atom stereocenters. The molecule has 4 N–H and O–H groups in total. The van der Waals surface area contributed by atoms with Crippen LogP contribution >= 0.6 is 0 Å². The highest BCUT2D eigenvalue weighted by molar-refractivity contribution is 7.86. The van der Waals surface area contributed by atoms with E-state index in [0.29, 0.717) is 11.4 Å². The fourth-order valence-corrected chi connectivity index (χ4v) is 2.43. The lowest BCUT2D eigenvalue weighted by Crippen LogP contribution is -2.05. The van der Waals surface area contributed by atoms with Crippen LogP contribution in [0.2, 0.25) is 0 Å². The summed E-state index contributed by atoms with van der Waals surface area (Å²) in [7, 11) is -2.87. The second kappa shape index (κ2) is 5.40. The number of nitrogen functional groups attached to an aromatic ring is 1. The van der Waals surface area contributed by atoms with E-state index in [-0.39, 0.29) is 16.3 Å². The summed E-state index contributed by atoms with van der Waals surface area (Å²) in [5.41, 5.74) is 6.57. The van der Waals surface area contributed by atoms with Gasteiger partial charge in [-0.3, -0.25) is 4.55 Å². The Bertz CT molecular complexity index is 729. The Hall–Kier alpha value is -2.25. The molecule has 0 aromatic heterocycles. The average Bonchev–Trinajstić information content (AvgIpc) is 2.40. The molecular weight excluding hydrogens is 280 g/mol. The van der Waals surface area contributed by atoms with Crippen LogP contribution in [-0.2, 0) is 10.1 Å². The van der Waals surface area contributed by atoms with Gasteiger partial charge in [-0.1, -0.05) is 12.1 Å². The van der Waals surface area contributed by atoms with Crippen LogP contribution in [0.4, 0.5) is 17.1 Å². The molecule has 0 aliphatic heterocycles. The molecule has 0 amide bonds. The topological polar surface area (TPSA) is 102 Å². The third-order valence-electron chi connectivity index (χ3n) is 2.66. The number of nitrogens with one attached hydrogen (secondary N) is 1. The standard InChI is InChI=1S/C13H14N2O4S/c1-19-12-5-3-2-4-10(12)15-11-7-6-9(14)8-13(11)20(16,17)18/h2-8,15H,14H2,1H3,(H,16,17,18). The zero-order chi connectivity index (χ0) is 14.8. The van der Waals surface area contributed by atoms with E-state index in [1.807, 2.05) is 0 Å².